The van der Waals surface area contributed by atoms with Gasteiger partial charge in [0, 0.05) is 19.5 Å². The van der Waals surface area contributed by atoms with Crippen molar-refractivity contribution in [3.05, 3.63) is 11.7 Å². The van der Waals surface area contributed by atoms with Crippen LogP contribution in [0.25, 0.3) is 0 Å². The molecule has 0 saturated carbocycles. The Hall–Kier alpha value is -0.860. The van der Waals surface area contributed by atoms with E-state index in [4.69, 9.17) is 4.52 Å². The molecule has 0 radical (unpaired) electrons. The van der Waals surface area contributed by atoms with E-state index >= 15 is 0 Å². The first-order valence-corrected chi connectivity index (χ1v) is 5.45. The number of halogens is 1. The molecule has 0 amide bonds. The molecule has 0 aliphatic rings. The summed E-state index contributed by atoms with van der Waals surface area (Å²) < 4.78 is 4.87. The van der Waals surface area contributed by atoms with Crippen LogP contribution in [0.15, 0.2) is 9.52 Å². The fourth-order valence-electron chi connectivity index (χ4n) is 1.15. The standard InChI is InChI=1S/C10H19N5O.HI/c1-5-11-10(13-7(2)3)12-6-9-14-8(4)16-15-9;/h7H,5-6H2,1-4H3,(H2,11,12,13);1H. The first kappa shape index (κ1) is 16.1. The van der Waals surface area contributed by atoms with Gasteiger partial charge in [-0.2, -0.15) is 4.98 Å². The van der Waals surface area contributed by atoms with Gasteiger partial charge in [-0.15, -0.1) is 24.0 Å². The number of guanidine groups is 1. The third-order valence-electron chi connectivity index (χ3n) is 1.72. The van der Waals surface area contributed by atoms with Gasteiger partial charge in [0.2, 0.25) is 5.89 Å². The number of aryl methyl sites for hydroxylation is 1. The van der Waals surface area contributed by atoms with Gasteiger partial charge in [0.15, 0.2) is 11.8 Å². The Bertz CT molecular complexity index is 350. The summed E-state index contributed by atoms with van der Waals surface area (Å²) in [7, 11) is 0. The zero-order chi connectivity index (χ0) is 12.0. The Balaban J connectivity index is 0.00000256. The molecule has 98 valence electrons. The minimum absolute atomic E-state index is 0. The summed E-state index contributed by atoms with van der Waals surface area (Å²) in [5.74, 6) is 1.92. The van der Waals surface area contributed by atoms with Crippen molar-refractivity contribution in [2.24, 2.45) is 4.99 Å². The Morgan fingerprint density at radius 1 is 1.47 bits per heavy atom. The summed E-state index contributed by atoms with van der Waals surface area (Å²) in [6.07, 6.45) is 0. The highest BCUT2D eigenvalue weighted by molar-refractivity contribution is 14.0. The van der Waals surface area contributed by atoms with Gasteiger partial charge in [0.25, 0.3) is 0 Å². The van der Waals surface area contributed by atoms with E-state index in [1.165, 1.54) is 0 Å². The minimum atomic E-state index is 0. The maximum atomic E-state index is 4.87. The van der Waals surface area contributed by atoms with E-state index in [0.717, 1.165) is 12.5 Å². The van der Waals surface area contributed by atoms with Gasteiger partial charge >= 0.3 is 0 Å². The van der Waals surface area contributed by atoms with E-state index in [2.05, 4.69) is 39.6 Å². The molecule has 0 aliphatic heterocycles. The van der Waals surface area contributed by atoms with Crippen molar-refractivity contribution in [1.29, 1.82) is 0 Å². The third kappa shape index (κ3) is 6.44. The fraction of sp³-hybridized carbons (Fsp3) is 0.700. The lowest BCUT2D eigenvalue weighted by Crippen LogP contribution is -2.41. The summed E-state index contributed by atoms with van der Waals surface area (Å²) in [6, 6.07) is 0.338. The van der Waals surface area contributed by atoms with Gasteiger partial charge in [-0.1, -0.05) is 5.16 Å². The minimum Gasteiger partial charge on any atom is -0.357 e. The molecule has 1 aromatic heterocycles. The fourth-order valence-corrected chi connectivity index (χ4v) is 1.15. The highest BCUT2D eigenvalue weighted by Crippen LogP contribution is 1.96. The summed E-state index contributed by atoms with van der Waals surface area (Å²) in [4.78, 5) is 8.43. The van der Waals surface area contributed by atoms with Crippen LogP contribution in [0.4, 0.5) is 0 Å². The Kier molecular flexibility index (Phi) is 7.85. The molecule has 1 rings (SSSR count). The number of aromatic nitrogens is 2. The van der Waals surface area contributed by atoms with Crippen LogP contribution in [-0.4, -0.2) is 28.7 Å². The molecule has 6 nitrogen and oxygen atoms in total. The summed E-state index contributed by atoms with van der Waals surface area (Å²) in [5.41, 5.74) is 0. The van der Waals surface area contributed by atoms with Crippen molar-refractivity contribution in [2.75, 3.05) is 6.54 Å². The number of hydrogen-bond donors (Lipinski definition) is 2. The van der Waals surface area contributed by atoms with Gasteiger partial charge in [-0.25, -0.2) is 4.99 Å². The number of nitrogens with zero attached hydrogens (tertiary/aromatic N) is 3. The first-order valence-electron chi connectivity index (χ1n) is 5.45. The molecule has 0 spiro atoms. The van der Waals surface area contributed by atoms with Gasteiger partial charge < -0.3 is 15.2 Å². The van der Waals surface area contributed by atoms with E-state index in [-0.39, 0.29) is 24.0 Å². The van der Waals surface area contributed by atoms with Crippen molar-refractivity contribution in [2.45, 2.75) is 40.3 Å². The zero-order valence-electron chi connectivity index (χ0n) is 10.6. The molecular weight excluding hydrogens is 333 g/mol. The van der Waals surface area contributed by atoms with Crippen LogP contribution < -0.4 is 10.6 Å². The second-order valence-electron chi connectivity index (χ2n) is 3.72. The monoisotopic (exact) mass is 353 g/mol. The van der Waals surface area contributed by atoms with Gasteiger partial charge in [-0.05, 0) is 20.8 Å². The number of hydrogen-bond acceptors (Lipinski definition) is 4. The van der Waals surface area contributed by atoms with Gasteiger partial charge in [0.1, 0.15) is 6.54 Å². The van der Waals surface area contributed by atoms with Crippen LogP contribution in [0.5, 0.6) is 0 Å². The molecule has 7 heteroatoms. The predicted octanol–water partition coefficient (Wildman–Crippen LogP) is 1.46. The smallest absolute Gasteiger partial charge is 0.223 e. The van der Waals surface area contributed by atoms with E-state index in [9.17, 15) is 0 Å². The molecule has 0 aliphatic carbocycles. The molecule has 1 heterocycles. The SMILES string of the molecule is CCNC(=NCc1noc(C)n1)NC(C)C.I. The molecule has 0 saturated heterocycles. The molecule has 0 fully saturated rings. The van der Waals surface area contributed by atoms with Crippen molar-refractivity contribution in [3.63, 3.8) is 0 Å². The summed E-state index contributed by atoms with van der Waals surface area (Å²) in [5, 5.41) is 10.1. The van der Waals surface area contributed by atoms with Crippen LogP contribution in [0.3, 0.4) is 0 Å². The highest BCUT2D eigenvalue weighted by atomic mass is 127. The number of nitrogens with one attached hydrogen (secondary N) is 2. The lowest BCUT2D eigenvalue weighted by Gasteiger charge is -2.13. The van der Waals surface area contributed by atoms with E-state index in [1.54, 1.807) is 6.92 Å². The molecule has 17 heavy (non-hydrogen) atoms. The van der Waals surface area contributed by atoms with Crippen LogP contribution in [0.1, 0.15) is 32.5 Å². The van der Waals surface area contributed by atoms with Crippen LogP contribution in [-0.2, 0) is 6.54 Å². The molecular formula is C10H20IN5O. The normalized spacial score (nSPS) is 11.2. The Labute approximate surface area is 119 Å². The lowest BCUT2D eigenvalue weighted by atomic mass is 10.4. The molecule has 0 bridgehead atoms. The second kappa shape index (κ2) is 8.26. The molecule has 1 aromatic rings. The van der Waals surface area contributed by atoms with Crippen LogP contribution in [0, 0.1) is 6.92 Å². The molecule has 0 aromatic carbocycles. The predicted molar refractivity (Wildman–Crippen MR) is 77.5 cm³/mol. The maximum absolute atomic E-state index is 4.87. The van der Waals surface area contributed by atoms with Crippen molar-refractivity contribution in [3.8, 4) is 0 Å². The Morgan fingerprint density at radius 3 is 2.65 bits per heavy atom. The third-order valence-corrected chi connectivity index (χ3v) is 1.72. The molecule has 0 unspecified atom stereocenters. The summed E-state index contributed by atoms with van der Waals surface area (Å²) >= 11 is 0. The zero-order valence-corrected chi connectivity index (χ0v) is 13.0. The number of aliphatic imine (C=N–C) groups is 1. The average Bonchev–Trinajstić information content (AvgIpc) is 2.60. The van der Waals surface area contributed by atoms with E-state index < -0.39 is 0 Å². The second-order valence-corrected chi connectivity index (χ2v) is 3.72. The summed E-state index contributed by atoms with van der Waals surface area (Å²) in [6.45, 7) is 9.15. The van der Waals surface area contributed by atoms with Gasteiger partial charge in [0.05, 0.1) is 0 Å². The Morgan fingerprint density at radius 2 is 2.18 bits per heavy atom. The topological polar surface area (TPSA) is 75.3 Å². The molecule has 2 N–H and O–H groups in total. The highest BCUT2D eigenvalue weighted by Gasteiger charge is 2.03. The first-order chi connectivity index (χ1) is 7.61. The van der Waals surface area contributed by atoms with Crippen LogP contribution >= 0.6 is 24.0 Å². The molecule has 0 atom stereocenters. The number of rotatable bonds is 4. The maximum Gasteiger partial charge on any atom is 0.223 e. The van der Waals surface area contributed by atoms with Crippen molar-refractivity contribution >= 4 is 29.9 Å². The van der Waals surface area contributed by atoms with Crippen LogP contribution in [0.2, 0.25) is 0 Å². The van der Waals surface area contributed by atoms with E-state index in [0.29, 0.717) is 24.3 Å². The largest absolute Gasteiger partial charge is 0.357 e. The quantitative estimate of drug-likeness (QED) is 0.487. The van der Waals surface area contributed by atoms with Crippen molar-refractivity contribution in [1.82, 2.24) is 20.8 Å². The van der Waals surface area contributed by atoms with Gasteiger partial charge in [-0.3, -0.25) is 0 Å². The average molecular weight is 353 g/mol. The van der Waals surface area contributed by atoms with Crippen molar-refractivity contribution < 1.29 is 4.52 Å². The van der Waals surface area contributed by atoms with E-state index in [1.807, 2.05) is 6.92 Å². The lowest BCUT2D eigenvalue weighted by molar-refractivity contribution is 0.387.